The summed E-state index contributed by atoms with van der Waals surface area (Å²) in [6.45, 7) is 3.91. The van der Waals surface area contributed by atoms with Crippen LogP contribution in [0.4, 0.5) is 0 Å². The van der Waals surface area contributed by atoms with E-state index in [2.05, 4.69) is 60.5 Å². The second-order valence-electron chi connectivity index (χ2n) is 8.08. The lowest BCUT2D eigenvalue weighted by Gasteiger charge is -2.30. The van der Waals surface area contributed by atoms with Gasteiger partial charge in [-0.1, -0.05) is 6.07 Å². The van der Waals surface area contributed by atoms with Gasteiger partial charge >= 0.3 is 0 Å². The molecule has 3 heterocycles. The van der Waals surface area contributed by atoms with E-state index in [1.54, 1.807) is 11.2 Å². The van der Waals surface area contributed by atoms with Gasteiger partial charge in [0, 0.05) is 46.5 Å². The van der Waals surface area contributed by atoms with Gasteiger partial charge in [0.25, 0.3) is 0 Å². The zero-order valence-electron chi connectivity index (χ0n) is 17.3. The predicted molar refractivity (Wildman–Crippen MR) is 122 cm³/mol. The maximum absolute atomic E-state index is 12.1. The quantitative estimate of drug-likeness (QED) is 0.626. The normalized spacial score (nSPS) is 16.8. The molecule has 5 nitrogen and oxygen atoms in total. The molecule has 1 aliphatic rings. The molecule has 1 aromatic carbocycles. The van der Waals surface area contributed by atoms with E-state index in [1.807, 2.05) is 11.3 Å². The van der Waals surface area contributed by atoms with Crippen LogP contribution in [0.5, 0.6) is 0 Å². The number of fused-ring (bicyclic) bond motifs is 1. The highest BCUT2D eigenvalue weighted by Gasteiger charge is 2.28. The first-order valence-electron chi connectivity index (χ1n) is 10.2. The van der Waals surface area contributed by atoms with Gasteiger partial charge in [0.15, 0.2) is 0 Å². The summed E-state index contributed by atoms with van der Waals surface area (Å²) in [6.07, 6.45) is 3.87. The Kier molecular flexibility index (Phi) is 5.84. The van der Waals surface area contributed by atoms with Gasteiger partial charge in [0.05, 0.1) is 5.75 Å². The van der Waals surface area contributed by atoms with Crippen molar-refractivity contribution in [2.75, 3.05) is 32.9 Å². The topological polar surface area (TPSA) is 56.4 Å². The van der Waals surface area contributed by atoms with Crippen molar-refractivity contribution in [1.82, 2.24) is 14.2 Å². The van der Waals surface area contributed by atoms with E-state index >= 15 is 0 Å². The molecular formula is C22H29N3O2S2. The number of thiophene rings is 1. The van der Waals surface area contributed by atoms with Crippen molar-refractivity contribution >= 4 is 32.3 Å². The summed E-state index contributed by atoms with van der Waals surface area (Å²) in [5.41, 5.74) is 3.72. The Balaban J connectivity index is 1.57. The van der Waals surface area contributed by atoms with Crippen molar-refractivity contribution in [2.24, 2.45) is 0 Å². The second-order valence-corrected chi connectivity index (χ2v) is 11.5. The van der Waals surface area contributed by atoms with E-state index in [1.165, 1.54) is 26.3 Å². The third kappa shape index (κ3) is 4.28. The number of rotatable bonds is 6. The van der Waals surface area contributed by atoms with E-state index < -0.39 is 10.0 Å². The van der Waals surface area contributed by atoms with Gasteiger partial charge in [-0.3, -0.25) is 0 Å². The minimum Gasteiger partial charge on any atom is -0.361 e. The Labute approximate surface area is 177 Å². The summed E-state index contributed by atoms with van der Waals surface area (Å²) < 4.78 is 26.0. The number of hydrogen-bond acceptors (Lipinski definition) is 4. The van der Waals surface area contributed by atoms with Crippen LogP contribution in [0.1, 0.15) is 36.1 Å². The van der Waals surface area contributed by atoms with Gasteiger partial charge in [-0.2, -0.15) is 0 Å². The molecule has 1 aliphatic heterocycles. The highest BCUT2D eigenvalue weighted by molar-refractivity contribution is 7.89. The predicted octanol–water partition coefficient (Wildman–Crippen LogP) is 4.49. The smallest absolute Gasteiger partial charge is 0.213 e. The summed E-state index contributed by atoms with van der Waals surface area (Å²) >= 11 is 1.85. The number of piperidine rings is 1. The Hall–Kier alpha value is -1.67. The first kappa shape index (κ1) is 20.6. The highest BCUT2D eigenvalue weighted by atomic mass is 32.2. The molecule has 7 heteroatoms. The molecule has 29 heavy (non-hydrogen) atoms. The minimum atomic E-state index is -3.08. The fourth-order valence-corrected chi connectivity index (χ4v) is 6.45. The number of nitrogens with one attached hydrogen (secondary N) is 1. The summed E-state index contributed by atoms with van der Waals surface area (Å²) in [5.74, 6) is 0.583. The Bertz CT molecular complexity index is 1090. The monoisotopic (exact) mass is 431 g/mol. The van der Waals surface area contributed by atoms with E-state index in [4.69, 9.17) is 0 Å². The second kappa shape index (κ2) is 8.22. The van der Waals surface area contributed by atoms with Gasteiger partial charge in [-0.25, -0.2) is 12.7 Å². The molecule has 0 radical (unpaired) electrons. The van der Waals surface area contributed by atoms with E-state index in [-0.39, 0.29) is 5.75 Å². The van der Waals surface area contributed by atoms with Crippen molar-refractivity contribution in [1.29, 1.82) is 0 Å². The average molecular weight is 432 g/mol. The molecule has 0 saturated carbocycles. The zero-order chi connectivity index (χ0) is 20.6. The van der Waals surface area contributed by atoms with Gasteiger partial charge in [-0.05, 0) is 75.2 Å². The minimum absolute atomic E-state index is 0.185. The molecule has 3 aromatic rings. The average Bonchev–Trinajstić information content (AvgIpc) is 3.34. The lowest BCUT2D eigenvalue weighted by atomic mass is 9.89. The largest absolute Gasteiger partial charge is 0.361 e. The van der Waals surface area contributed by atoms with E-state index in [0.29, 0.717) is 19.0 Å². The fourth-order valence-electron chi connectivity index (χ4n) is 4.19. The van der Waals surface area contributed by atoms with Crippen molar-refractivity contribution in [3.8, 4) is 10.4 Å². The van der Waals surface area contributed by atoms with Crippen LogP contribution in [0.15, 0.2) is 36.5 Å². The molecule has 0 atom stereocenters. The number of hydrogen-bond donors (Lipinski definition) is 1. The van der Waals surface area contributed by atoms with Crippen LogP contribution >= 0.6 is 11.3 Å². The maximum atomic E-state index is 12.1. The maximum Gasteiger partial charge on any atom is 0.213 e. The Morgan fingerprint density at radius 3 is 2.62 bits per heavy atom. The lowest BCUT2D eigenvalue weighted by molar-refractivity contribution is 0.321. The van der Waals surface area contributed by atoms with Crippen molar-refractivity contribution in [3.05, 3.63) is 47.0 Å². The van der Waals surface area contributed by atoms with Crippen molar-refractivity contribution < 1.29 is 8.42 Å². The van der Waals surface area contributed by atoms with Crippen LogP contribution in [-0.4, -0.2) is 55.5 Å². The van der Waals surface area contributed by atoms with Gasteiger partial charge in [0.1, 0.15) is 0 Å². The molecule has 0 bridgehead atoms. The standard InChI is InChI=1S/C22H29N3O2S2/c1-4-29(26,27)25-11-9-16(10-12-25)20-14-23-21-7-5-17(13-19(20)21)22-8-6-18(28-22)15-24(2)3/h5-8,13-14,16,23H,4,9-12,15H2,1-3H3. The van der Waals surface area contributed by atoms with E-state index in [0.717, 1.165) is 24.9 Å². The SMILES string of the molecule is CCS(=O)(=O)N1CCC(c2c[nH]c3ccc(-c4ccc(CN(C)C)s4)cc23)CC1. The zero-order valence-corrected chi connectivity index (χ0v) is 18.9. The fraction of sp³-hybridized carbons (Fsp3) is 0.455. The molecule has 1 saturated heterocycles. The molecule has 0 spiro atoms. The third-order valence-electron chi connectivity index (χ3n) is 5.78. The number of H-pyrrole nitrogens is 1. The number of benzene rings is 1. The molecule has 0 unspecified atom stereocenters. The summed E-state index contributed by atoms with van der Waals surface area (Å²) in [6, 6.07) is 11.1. The number of nitrogens with zero attached hydrogens (tertiary/aromatic N) is 2. The number of sulfonamides is 1. The van der Waals surface area contributed by atoms with Gasteiger partial charge in [-0.15, -0.1) is 11.3 Å². The number of aromatic nitrogens is 1. The van der Waals surface area contributed by atoms with Crippen molar-refractivity contribution in [2.45, 2.75) is 32.2 Å². The van der Waals surface area contributed by atoms with Crippen LogP contribution < -0.4 is 0 Å². The van der Waals surface area contributed by atoms with E-state index in [9.17, 15) is 8.42 Å². The van der Waals surface area contributed by atoms with Crippen LogP contribution in [0.25, 0.3) is 21.3 Å². The van der Waals surface area contributed by atoms with Crippen LogP contribution in [-0.2, 0) is 16.6 Å². The highest BCUT2D eigenvalue weighted by Crippen LogP contribution is 2.37. The van der Waals surface area contributed by atoms with Crippen LogP contribution in [0.3, 0.4) is 0 Å². The lowest BCUT2D eigenvalue weighted by Crippen LogP contribution is -2.38. The molecule has 2 aromatic heterocycles. The van der Waals surface area contributed by atoms with Gasteiger partial charge in [0.2, 0.25) is 10.0 Å². The first-order valence-corrected chi connectivity index (χ1v) is 12.6. The molecule has 1 fully saturated rings. The Morgan fingerprint density at radius 1 is 1.17 bits per heavy atom. The number of aromatic amines is 1. The molecule has 0 amide bonds. The first-order chi connectivity index (χ1) is 13.9. The third-order valence-corrected chi connectivity index (χ3v) is 8.78. The Morgan fingerprint density at radius 2 is 1.93 bits per heavy atom. The summed E-state index contributed by atoms with van der Waals surface area (Å²) in [4.78, 5) is 8.26. The van der Waals surface area contributed by atoms with Crippen LogP contribution in [0, 0.1) is 0 Å². The molecular weight excluding hydrogens is 402 g/mol. The summed E-state index contributed by atoms with van der Waals surface area (Å²) in [5, 5.41) is 1.27. The van der Waals surface area contributed by atoms with Crippen LogP contribution in [0.2, 0.25) is 0 Å². The van der Waals surface area contributed by atoms with Gasteiger partial charge < -0.3 is 9.88 Å². The molecule has 1 N–H and O–H groups in total. The molecule has 4 rings (SSSR count). The molecule has 156 valence electrons. The molecule has 0 aliphatic carbocycles. The van der Waals surface area contributed by atoms with Crippen molar-refractivity contribution in [3.63, 3.8) is 0 Å². The summed E-state index contributed by atoms with van der Waals surface area (Å²) in [7, 11) is 1.10.